The topological polar surface area (TPSA) is 0 Å². The summed E-state index contributed by atoms with van der Waals surface area (Å²) >= 11 is 0. The number of hydrogen-bond donors (Lipinski definition) is 0. The summed E-state index contributed by atoms with van der Waals surface area (Å²) in [5.41, 5.74) is 0. The average molecular weight is 441 g/mol. The molecule has 0 rings (SSSR count). The van der Waals surface area contributed by atoms with Crippen molar-refractivity contribution < 1.29 is 8.97 Å². The van der Waals surface area contributed by atoms with Gasteiger partial charge in [0.15, 0.2) is 0 Å². The second-order valence-corrected chi connectivity index (χ2v) is 11.1. The predicted molar refractivity (Wildman–Crippen MR) is 143 cm³/mol. The van der Waals surface area contributed by atoms with Gasteiger partial charge in [-0.05, 0) is 52.4 Å². The van der Waals surface area contributed by atoms with E-state index in [2.05, 4.69) is 41.8 Å². The van der Waals surface area contributed by atoms with Crippen molar-refractivity contribution in [2.45, 2.75) is 137 Å². The molecule has 0 bridgehead atoms. The van der Waals surface area contributed by atoms with Crippen molar-refractivity contribution in [2.75, 3.05) is 53.4 Å². The van der Waals surface area contributed by atoms with Gasteiger partial charge in [-0.15, -0.1) is 0 Å². The third kappa shape index (κ3) is 18.1. The van der Waals surface area contributed by atoms with Crippen LogP contribution < -0.4 is 0 Å². The lowest BCUT2D eigenvalue weighted by Gasteiger charge is -2.33. The van der Waals surface area contributed by atoms with Crippen LogP contribution in [0.25, 0.3) is 0 Å². The van der Waals surface area contributed by atoms with Crippen molar-refractivity contribution in [1.82, 2.24) is 0 Å². The summed E-state index contributed by atoms with van der Waals surface area (Å²) in [6.45, 7) is 17.4. The van der Waals surface area contributed by atoms with E-state index in [1.54, 1.807) is 0 Å². The molecule has 2 nitrogen and oxygen atoms in total. The van der Waals surface area contributed by atoms with Crippen LogP contribution in [0.1, 0.15) is 137 Å². The van der Waals surface area contributed by atoms with E-state index in [1.807, 2.05) is 0 Å². The van der Waals surface area contributed by atoms with Crippen LogP contribution in [0.5, 0.6) is 0 Å². The van der Waals surface area contributed by atoms with E-state index in [9.17, 15) is 0 Å². The molecular weight excluding hydrogens is 376 g/mol. The van der Waals surface area contributed by atoms with Gasteiger partial charge in [0.25, 0.3) is 0 Å². The fourth-order valence-corrected chi connectivity index (χ4v) is 5.22. The van der Waals surface area contributed by atoms with Crippen molar-refractivity contribution in [2.24, 2.45) is 0 Å². The molecule has 0 aromatic heterocycles. The first kappa shape index (κ1) is 30.9. The molecule has 2 unspecified atom stereocenters. The quantitative estimate of drug-likeness (QED) is 0.104. The normalized spacial score (nSPS) is 15.7. The van der Waals surface area contributed by atoms with Crippen LogP contribution in [0.2, 0.25) is 0 Å². The minimum atomic E-state index is 1.28. The molecule has 31 heavy (non-hydrogen) atoms. The molecule has 0 heterocycles. The van der Waals surface area contributed by atoms with Crippen LogP contribution >= 0.6 is 0 Å². The van der Waals surface area contributed by atoms with Crippen molar-refractivity contribution >= 4 is 0 Å². The molecule has 0 N–H and O–H groups in total. The zero-order valence-corrected chi connectivity index (χ0v) is 23.2. The molecule has 0 aliphatic rings. The monoisotopic (exact) mass is 441 g/mol. The van der Waals surface area contributed by atoms with Gasteiger partial charge in [0.05, 0.1) is 53.4 Å². The first-order valence-electron chi connectivity index (χ1n) is 14.6. The summed E-state index contributed by atoms with van der Waals surface area (Å²) in [6, 6.07) is 0. The Bertz CT molecular complexity index is 336. The third-order valence-electron chi connectivity index (χ3n) is 7.95. The highest BCUT2D eigenvalue weighted by Gasteiger charge is 2.17. The fourth-order valence-electron chi connectivity index (χ4n) is 5.22. The van der Waals surface area contributed by atoms with E-state index in [4.69, 9.17) is 0 Å². The van der Waals surface area contributed by atoms with Crippen LogP contribution in [-0.4, -0.2) is 62.3 Å². The zero-order valence-electron chi connectivity index (χ0n) is 23.2. The molecule has 188 valence electrons. The molecule has 0 amide bonds. The van der Waals surface area contributed by atoms with Gasteiger partial charge in [-0.25, -0.2) is 0 Å². The molecule has 0 fully saturated rings. The summed E-state index contributed by atoms with van der Waals surface area (Å²) in [4.78, 5) is 0. The SMILES string of the molecule is CCC[N+](C)(CC)CCCCCCCCCCCCCCCCC[N+](C)(CC)CCC. The van der Waals surface area contributed by atoms with Gasteiger partial charge in [0, 0.05) is 0 Å². The third-order valence-corrected chi connectivity index (χ3v) is 7.95. The smallest absolute Gasteiger partial charge is 0.0784 e. The molecule has 0 aromatic rings. The van der Waals surface area contributed by atoms with Crippen LogP contribution in [0.3, 0.4) is 0 Å². The van der Waals surface area contributed by atoms with Crippen LogP contribution in [0, 0.1) is 0 Å². The van der Waals surface area contributed by atoms with E-state index in [-0.39, 0.29) is 0 Å². The highest BCUT2D eigenvalue weighted by atomic mass is 15.3. The van der Waals surface area contributed by atoms with E-state index in [0.717, 1.165) is 0 Å². The van der Waals surface area contributed by atoms with Gasteiger partial charge in [-0.2, -0.15) is 0 Å². The van der Waals surface area contributed by atoms with E-state index >= 15 is 0 Å². The molecule has 0 aliphatic heterocycles. The predicted octanol–water partition coefficient (Wildman–Crippen LogP) is 8.59. The lowest BCUT2D eigenvalue weighted by Crippen LogP contribution is -2.45. The number of nitrogens with zero attached hydrogens (tertiary/aromatic N) is 2. The maximum Gasteiger partial charge on any atom is 0.0784 e. The summed E-state index contributed by atoms with van der Waals surface area (Å²) in [6.07, 6.45) is 24.6. The van der Waals surface area contributed by atoms with E-state index in [1.165, 1.54) is 157 Å². The summed E-state index contributed by atoms with van der Waals surface area (Å²) in [7, 11) is 4.89. The fraction of sp³-hybridized carbons (Fsp3) is 1.00. The maximum absolute atomic E-state index is 2.44. The highest BCUT2D eigenvalue weighted by Crippen LogP contribution is 2.15. The standard InChI is InChI=1S/C29H64N2/c1-7-26-30(5,9-3)28-24-22-20-18-16-14-12-11-13-15-17-19-21-23-25-29-31(6,10-4)27-8-2/h7-29H2,1-6H3/q+2. The van der Waals surface area contributed by atoms with Gasteiger partial charge in [-0.1, -0.05) is 84.5 Å². The number of hydrogen-bond acceptors (Lipinski definition) is 0. The molecular formula is C29H64N2+2. The summed E-state index contributed by atoms with van der Waals surface area (Å²) in [5.74, 6) is 0. The first-order chi connectivity index (χ1) is 14.9. The van der Waals surface area contributed by atoms with Gasteiger partial charge in [-0.3, -0.25) is 0 Å². The number of unbranched alkanes of at least 4 members (excludes halogenated alkanes) is 14. The number of rotatable bonds is 24. The number of quaternary nitrogens is 2. The molecule has 0 saturated heterocycles. The zero-order chi connectivity index (χ0) is 23.3. The van der Waals surface area contributed by atoms with Crippen molar-refractivity contribution in [1.29, 1.82) is 0 Å². The largest absolute Gasteiger partial charge is 0.326 e. The second-order valence-electron chi connectivity index (χ2n) is 11.1. The van der Waals surface area contributed by atoms with Crippen LogP contribution in [0.15, 0.2) is 0 Å². The van der Waals surface area contributed by atoms with Gasteiger partial charge < -0.3 is 8.97 Å². The Morgan fingerprint density at radius 3 is 0.742 bits per heavy atom. The highest BCUT2D eigenvalue weighted by molar-refractivity contribution is 4.51. The lowest BCUT2D eigenvalue weighted by molar-refractivity contribution is -0.908. The second kappa shape index (κ2) is 20.5. The minimum absolute atomic E-state index is 1.28. The Labute approximate surface area is 199 Å². The molecule has 0 spiro atoms. The van der Waals surface area contributed by atoms with Crippen LogP contribution in [-0.2, 0) is 0 Å². The average Bonchev–Trinajstić information content (AvgIpc) is 2.76. The molecule has 0 aliphatic carbocycles. The van der Waals surface area contributed by atoms with E-state index in [0.29, 0.717) is 0 Å². The van der Waals surface area contributed by atoms with Crippen LogP contribution in [0.4, 0.5) is 0 Å². The molecule has 0 saturated carbocycles. The molecule has 0 aromatic carbocycles. The van der Waals surface area contributed by atoms with Gasteiger partial charge in [0.1, 0.15) is 0 Å². The van der Waals surface area contributed by atoms with E-state index < -0.39 is 0 Å². The Balaban J connectivity index is 3.32. The van der Waals surface area contributed by atoms with Crippen molar-refractivity contribution in [3.63, 3.8) is 0 Å². The maximum atomic E-state index is 2.44. The Morgan fingerprint density at radius 2 is 0.548 bits per heavy atom. The summed E-state index contributed by atoms with van der Waals surface area (Å²) in [5, 5.41) is 0. The summed E-state index contributed by atoms with van der Waals surface area (Å²) < 4.78 is 2.57. The lowest BCUT2D eigenvalue weighted by atomic mass is 10.0. The van der Waals surface area contributed by atoms with Gasteiger partial charge in [0.2, 0.25) is 0 Å². The first-order valence-corrected chi connectivity index (χ1v) is 14.6. The molecule has 0 radical (unpaired) electrons. The Kier molecular flexibility index (Phi) is 20.5. The minimum Gasteiger partial charge on any atom is -0.326 e. The Morgan fingerprint density at radius 1 is 0.323 bits per heavy atom. The van der Waals surface area contributed by atoms with Crippen molar-refractivity contribution in [3.8, 4) is 0 Å². The molecule has 2 heteroatoms. The molecule has 2 atom stereocenters. The Hall–Kier alpha value is -0.0800. The van der Waals surface area contributed by atoms with Crippen molar-refractivity contribution in [3.05, 3.63) is 0 Å². The van der Waals surface area contributed by atoms with Gasteiger partial charge >= 0.3 is 0 Å².